The van der Waals surface area contributed by atoms with Crippen molar-refractivity contribution in [3.8, 4) is 17.2 Å². The Kier molecular flexibility index (Phi) is 16.1. The predicted molar refractivity (Wildman–Crippen MR) is 193 cm³/mol. The first-order valence-corrected chi connectivity index (χ1v) is 16.9. The molecule has 0 aliphatic carbocycles. The highest BCUT2D eigenvalue weighted by atomic mass is 35.5. The molecule has 11 nitrogen and oxygen atoms in total. The molecule has 0 fully saturated rings. The van der Waals surface area contributed by atoms with Crippen molar-refractivity contribution >= 4 is 23.5 Å². The number of halogens is 1. The molecular weight excluding hydrogens is 662 g/mol. The number of esters is 2. The Labute approximate surface area is 298 Å². The first kappa shape index (κ1) is 39.9. The number of hydrogen-bond acceptors (Lipinski definition) is 11. The van der Waals surface area contributed by atoms with Crippen LogP contribution in [0.3, 0.4) is 0 Å². The number of aryl methyl sites for hydroxylation is 1. The quantitative estimate of drug-likeness (QED) is 0.0694. The van der Waals surface area contributed by atoms with Crippen LogP contribution in [-0.2, 0) is 36.6 Å². The van der Waals surface area contributed by atoms with Gasteiger partial charge in [-0.1, -0.05) is 48.0 Å². The number of benzene rings is 3. The van der Waals surface area contributed by atoms with Gasteiger partial charge in [0.15, 0.2) is 11.5 Å². The summed E-state index contributed by atoms with van der Waals surface area (Å²) in [6.07, 6.45) is 2.79. The second-order valence-corrected chi connectivity index (χ2v) is 12.1. The number of carbonyl (C=O) groups is 2. The lowest BCUT2D eigenvalue weighted by Gasteiger charge is -2.31. The van der Waals surface area contributed by atoms with Gasteiger partial charge in [0.2, 0.25) is 0 Å². The fraction of sp³-hybridized carbons (Fsp3) is 0.368. The van der Waals surface area contributed by atoms with E-state index in [1.54, 1.807) is 56.3 Å². The van der Waals surface area contributed by atoms with Gasteiger partial charge in [-0.2, -0.15) is 0 Å². The minimum Gasteiger partial charge on any atom is -0.508 e. The molecule has 0 aromatic heterocycles. The molecular formula is C38H48ClN3O8. The van der Waals surface area contributed by atoms with E-state index in [0.717, 1.165) is 31.4 Å². The molecule has 0 radical (unpaired) electrons. The molecule has 7 N–H and O–H groups in total. The summed E-state index contributed by atoms with van der Waals surface area (Å²) in [6, 6.07) is 19.7. The average molecular weight is 710 g/mol. The average Bonchev–Trinajstić information content (AvgIpc) is 3.09. The van der Waals surface area contributed by atoms with Crippen molar-refractivity contribution < 1.29 is 39.1 Å². The topological polar surface area (TPSA) is 173 Å². The lowest BCUT2D eigenvalue weighted by atomic mass is 9.80. The van der Waals surface area contributed by atoms with Gasteiger partial charge < -0.3 is 45.9 Å². The number of nitrogens with one attached hydrogen (secondary N) is 2. The molecule has 1 aliphatic rings. The highest BCUT2D eigenvalue weighted by Crippen LogP contribution is 2.41. The molecule has 1 aliphatic heterocycles. The Balaban J connectivity index is 0.000000278. The number of methoxy groups -OCH3 is 1. The van der Waals surface area contributed by atoms with Crippen molar-refractivity contribution in [1.29, 1.82) is 0 Å². The van der Waals surface area contributed by atoms with E-state index < -0.39 is 17.9 Å². The molecule has 270 valence electrons. The van der Waals surface area contributed by atoms with Crippen LogP contribution in [0.4, 0.5) is 0 Å². The standard InChI is InChI=1S/C20H25ClN2O5.C18H23NO3/c1-4-28-20(25)18-15(11-27-10-9-22)23-12(2)16(19(24)26-3)17(18)13-7-5-6-8-14(13)21;1-13(2-3-14-4-7-16(20)8-5-14)19-11-10-15-6-9-17(21)18(22)12-15/h5-8,17,23H,4,9-11,22H2,1-3H3;4-9,12-13,19-22H,2-3,10-11H2,1H3. The number of phenols is 3. The highest BCUT2D eigenvalue weighted by Gasteiger charge is 2.39. The van der Waals surface area contributed by atoms with Gasteiger partial charge in [-0.15, -0.1) is 0 Å². The lowest BCUT2D eigenvalue weighted by molar-refractivity contribution is -0.139. The van der Waals surface area contributed by atoms with Crippen LogP contribution in [0.2, 0.25) is 5.02 Å². The third-order valence-corrected chi connectivity index (χ3v) is 8.36. The summed E-state index contributed by atoms with van der Waals surface area (Å²) in [7, 11) is 1.29. The van der Waals surface area contributed by atoms with E-state index in [1.165, 1.54) is 18.7 Å². The van der Waals surface area contributed by atoms with Gasteiger partial charge in [-0.05, 0) is 93.6 Å². The Morgan fingerprint density at radius 3 is 2.30 bits per heavy atom. The number of ether oxygens (including phenoxy) is 3. The predicted octanol–water partition coefficient (Wildman–Crippen LogP) is 5.22. The Hall–Kier alpha value is -4.55. The summed E-state index contributed by atoms with van der Waals surface area (Å²) >= 11 is 6.42. The zero-order valence-electron chi connectivity index (χ0n) is 29.0. The minimum atomic E-state index is -0.752. The fourth-order valence-corrected chi connectivity index (χ4v) is 5.70. The molecule has 0 spiro atoms. The zero-order chi connectivity index (χ0) is 36.6. The maximum absolute atomic E-state index is 12.9. The molecule has 0 bridgehead atoms. The maximum Gasteiger partial charge on any atom is 0.336 e. The van der Waals surface area contributed by atoms with Crippen LogP contribution in [0.5, 0.6) is 17.2 Å². The van der Waals surface area contributed by atoms with E-state index in [1.807, 2.05) is 18.2 Å². The van der Waals surface area contributed by atoms with Crippen LogP contribution in [0, 0.1) is 0 Å². The van der Waals surface area contributed by atoms with E-state index in [4.69, 9.17) is 31.5 Å². The first-order valence-electron chi connectivity index (χ1n) is 16.5. The van der Waals surface area contributed by atoms with Crippen LogP contribution < -0.4 is 16.4 Å². The van der Waals surface area contributed by atoms with Crippen molar-refractivity contribution in [2.75, 3.05) is 40.0 Å². The van der Waals surface area contributed by atoms with Gasteiger partial charge in [0.25, 0.3) is 0 Å². The molecule has 0 amide bonds. The summed E-state index contributed by atoms with van der Waals surface area (Å²) < 4.78 is 15.8. The Morgan fingerprint density at radius 2 is 1.66 bits per heavy atom. The van der Waals surface area contributed by atoms with E-state index >= 15 is 0 Å². The number of hydrogen-bond donors (Lipinski definition) is 6. The summed E-state index contributed by atoms with van der Waals surface area (Å²) in [4.78, 5) is 25.5. The van der Waals surface area contributed by atoms with Crippen LogP contribution in [0.25, 0.3) is 0 Å². The molecule has 3 aromatic carbocycles. The van der Waals surface area contributed by atoms with Crippen LogP contribution in [0.15, 0.2) is 89.3 Å². The third kappa shape index (κ3) is 11.5. The summed E-state index contributed by atoms with van der Waals surface area (Å²) in [5, 5.41) is 34.9. The van der Waals surface area contributed by atoms with Gasteiger partial charge in [-0.25, -0.2) is 9.59 Å². The van der Waals surface area contributed by atoms with Crippen molar-refractivity contribution in [3.05, 3.63) is 111 Å². The molecule has 0 saturated carbocycles. The van der Waals surface area contributed by atoms with Crippen molar-refractivity contribution in [2.24, 2.45) is 5.73 Å². The normalized spacial score (nSPS) is 14.7. The van der Waals surface area contributed by atoms with Gasteiger partial charge in [0, 0.05) is 23.3 Å². The van der Waals surface area contributed by atoms with E-state index in [-0.39, 0.29) is 30.3 Å². The number of allylic oxidation sites excluding steroid dienone is 1. The number of carbonyl (C=O) groups excluding carboxylic acids is 2. The molecule has 1 heterocycles. The van der Waals surface area contributed by atoms with Gasteiger partial charge in [0.05, 0.1) is 49.7 Å². The van der Waals surface area contributed by atoms with Gasteiger partial charge >= 0.3 is 11.9 Å². The van der Waals surface area contributed by atoms with Crippen molar-refractivity contribution in [1.82, 2.24) is 10.6 Å². The van der Waals surface area contributed by atoms with Crippen molar-refractivity contribution in [2.45, 2.75) is 52.0 Å². The Bertz CT molecular complexity index is 1640. The van der Waals surface area contributed by atoms with Crippen LogP contribution in [0.1, 0.15) is 49.8 Å². The maximum atomic E-state index is 12.9. The second-order valence-electron chi connectivity index (χ2n) is 11.7. The van der Waals surface area contributed by atoms with Gasteiger partial charge in [-0.3, -0.25) is 0 Å². The SMILES string of the molecule is CC(CCc1ccc(O)cc1)NCCc1ccc(O)c(O)c1.CCOC(=O)C1=C(COCCN)NC(C)=C(C(=O)OC)C1c1ccccc1Cl. The molecule has 12 heteroatoms. The van der Waals surface area contributed by atoms with Crippen molar-refractivity contribution in [3.63, 3.8) is 0 Å². The monoisotopic (exact) mass is 709 g/mol. The van der Waals surface area contributed by atoms with Crippen LogP contribution in [-0.4, -0.2) is 73.3 Å². The highest BCUT2D eigenvalue weighted by molar-refractivity contribution is 6.31. The third-order valence-electron chi connectivity index (χ3n) is 8.02. The van der Waals surface area contributed by atoms with E-state index in [0.29, 0.717) is 52.5 Å². The first-order chi connectivity index (χ1) is 24.0. The summed E-state index contributed by atoms with van der Waals surface area (Å²) in [5.74, 6) is -1.72. The minimum absolute atomic E-state index is 0.0714. The second kappa shape index (κ2) is 20.2. The summed E-state index contributed by atoms with van der Waals surface area (Å²) in [5.41, 5.74) is 9.91. The van der Waals surface area contributed by atoms with Gasteiger partial charge in [0.1, 0.15) is 5.75 Å². The van der Waals surface area contributed by atoms with E-state index in [9.17, 15) is 24.9 Å². The molecule has 3 aromatic rings. The molecule has 50 heavy (non-hydrogen) atoms. The lowest BCUT2D eigenvalue weighted by Crippen LogP contribution is -2.35. The largest absolute Gasteiger partial charge is 0.508 e. The molecule has 4 rings (SSSR count). The number of nitrogens with two attached hydrogens (primary N) is 1. The number of phenolic OH excluding ortho intramolecular Hbond substituents is 3. The zero-order valence-corrected chi connectivity index (χ0v) is 29.8. The smallest absolute Gasteiger partial charge is 0.336 e. The summed E-state index contributed by atoms with van der Waals surface area (Å²) in [6.45, 7) is 7.38. The molecule has 2 atom stereocenters. The Morgan fingerprint density at radius 1 is 0.960 bits per heavy atom. The van der Waals surface area contributed by atoms with E-state index in [2.05, 4.69) is 17.6 Å². The molecule has 0 saturated heterocycles. The number of dihydropyridines is 1. The number of aromatic hydroxyl groups is 3. The van der Waals surface area contributed by atoms with Crippen LogP contribution >= 0.6 is 11.6 Å². The number of rotatable bonds is 15. The molecule has 2 unspecified atom stereocenters. The fourth-order valence-electron chi connectivity index (χ4n) is 5.45.